The largest absolute Gasteiger partial charge is 0.396 e. The highest BCUT2D eigenvalue weighted by molar-refractivity contribution is 5.98. The zero-order valence-electron chi connectivity index (χ0n) is 11.3. The third-order valence-electron chi connectivity index (χ3n) is 3.34. The Morgan fingerprint density at radius 1 is 1.37 bits per heavy atom. The van der Waals surface area contributed by atoms with Crippen molar-refractivity contribution in [3.63, 3.8) is 0 Å². The molecular weight excluding hydrogens is 240 g/mol. The number of carbonyl (C=O) groups is 1. The molecule has 0 aliphatic rings. The van der Waals surface area contributed by atoms with E-state index in [0.29, 0.717) is 18.0 Å². The van der Waals surface area contributed by atoms with Gasteiger partial charge in [-0.2, -0.15) is 0 Å². The van der Waals surface area contributed by atoms with Gasteiger partial charge in [-0.25, -0.2) is 0 Å². The minimum Gasteiger partial charge on any atom is -0.396 e. The molecule has 1 heterocycles. The van der Waals surface area contributed by atoms with Crippen LogP contribution in [-0.2, 0) is 0 Å². The van der Waals surface area contributed by atoms with E-state index in [2.05, 4.69) is 10.3 Å². The van der Waals surface area contributed by atoms with Crippen molar-refractivity contribution in [3.05, 3.63) is 36.0 Å². The fraction of sp³-hybridized carbons (Fsp3) is 0.400. The highest BCUT2D eigenvalue weighted by Gasteiger charge is 2.17. The van der Waals surface area contributed by atoms with Gasteiger partial charge in [0.25, 0.3) is 5.91 Å². The Hall–Kier alpha value is -1.81. The number of fused-ring (bicyclic) bond motifs is 1. The Morgan fingerprint density at radius 3 is 2.74 bits per heavy atom. The summed E-state index contributed by atoms with van der Waals surface area (Å²) in [5.74, 6) is 0.170. The van der Waals surface area contributed by atoms with Gasteiger partial charge < -0.3 is 15.4 Å². The molecule has 1 amide bonds. The number of aromatic nitrogens is 1. The molecule has 1 atom stereocenters. The second kappa shape index (κ2) is 5.89. The van der Waals surface area contributed by atoms with Crippen LogP contribution in [0.25, 0.3) is 10.9 Å². The molecule has 1 aromatic carbocycles. The van der Waals surface area contributed by atoms with E-state index >= 15 is 0 Å². The molecule has 0 fully saturated rings. The van der Waals surface area contributed by atoms with E-state index in [1.54, 1.807) is 0 Å². The third kappa shape index (κ3) is 3.15. The van der Waals surface area contributed by atoms with Gasteiger partial charge in [0, 0.05) is 23.6 Å². The molecular formula is C15H20N2O2. The number of rotatable bonds is 5. The SMILES string of the molecule is CC(C)C(CCO)NC(=O)c1cc2ccccc2[nH]1. The molecule has 1 aromatic heterocycles. The summed E-state index contributed by atoms with van der Waals surface area (Å²) >= 11 is 0. The first-order valence-electron chi connectivity index (χ1n) is 6.61. The average molecular weight is 260 g/mol. The Morgan fingerprint density at radius 2 is 2.11 bits per heavy atom. The lowest BCUT2D eigenvalue weighted by Gasteiger charge is -2.21. The fourth-order valence-electron chi connectivity index (χ4n) is 2.15. The van der Waals surface area contributed by atoms with Crippen LogP contribution in [0.5, 0.6) is 0 Å². The first-order chi connectivity index (χ1) is 9.11. The van der Waals surface area contributed by atoms with E-state index in [4.69, 9.17) is 5.11 Å². The van der Waals surface area contributed by atoms with Gasteiger partial charge in [-0.05, 0) is 24.5 Å². The Kier molecular flexibility index (Phi) is 4.22. The van der Waals surface area contributed by atoms with Crippen LogP contribution in [0.3, 0.4) is 0 Å². The zero-order chi connectivity index (χ0) is 13.8. The topological polar surface area (TPSA) is 65.1 Å². The number of H-pyrrole nitrogens is 1. The highest BCUT2D eigenvalue weighted by atomic mass is 16.3. The maximum absolute atomic E-state index is 12.2. The molecule has 0 saturated heterocycles. The van der Waals surface area contributed by atoms with Crippen molar-refractivity contribution in [2.75, 3.05) is 6.61 Å². The standard InChI is InChI=1S/C15H20N2O2/c1-10(2)12(7-8-18)17-15(19)14-9-11-5-3-4-6-13(11)16-14/h3-6,9-10,12,16,18H,7-8H2,1-2H3,(H,17,19). The van der Waals surface area contributed by atoms with Gasteiger partial charge in [-0.3, -0.25) is 4.79 Å². The Labute approximate surface area is 112 Å². The molecule has 19 heavy (non-hydrogen) atoms. The quantitative estimate of drug-likeness (QED) is 0.772. The van der Waals surface area contributed by atoms with Gasteiger partial charge in [0.05, 0.1) is 0 Å². The number of benzene rings is 1. The molecule has 4 heteroatoms. The first kappa shape index (κ1) is 13.6. The van der Waals surface area contributed by atoms with Crippen LogP contribution in [-0.4, -0.2) is 28.6 Å². The van der Waals surface area contributed by atoms with Crippen molar-refractivity contribution in [2.45, 2.75) is 26.3 Å². The maximum atomic E-state index is 12.2. The predicted molar refractivity (Wildman–Crippen MR) is 76.1 cm³/mol. The maximum Gasteiger partial charge on any atom is 0.267 e. The van der Waals surface area contributed by atoms with E-state index < -0.39 is 0 Å². The molecule has 0 aliphatic heterocycles. The lowest BCUT2D eigenvalue weighted by Crippen LogP contribution is -2.39. The molecule has 0 spiro atoms. The van der Waals surface area contributed by atoms with Crippen LogP contribution >= 0.6 is 0 Å². The minimum absolute atomic E-state index is 0.0103. The van der Waals surface area contributed by atoms with Crippen molar-refractivity contribution in [2.24, 2.45) is 5.92 Å². The fourth-order valence-corrected chi connectivity index (χ4v) is 2.15. The van der Waals surface area contributed by atoms with Gasteiger partial charge in [-0.15, -0.1) is 0 Å². The molecule has 1 unspecified atom stereocenters. The summed E-state index contributed by atoms with van der Waals surface area (Å²) in [5, 5.41) is 13.0. The molecule has 4 nitrogen and oxygen atoms in total. The number of nitrogens with one attached hydrogen (secondary N) is 2. The van der Waals surface area contributed by atoms with Gasteiger partial charge in [0.1, 0.15) is 5.69 Å². The summed E-state index contributed by atoms with van der Waals surface area (Å²) in [6.45, 7) is 4.15. The molecule has 102 valence electrons. The van der Waals surface area contributed by atoms with Crippen molar-refractivity contribution in [3.8, 4) is 0 Å². The average Bonchev–Trinajstić information content (AvgIpc) is 2.81. The van der Waals surface area contributed by atoms with Crippen molar-refractivity contribution >= 4 is 16.8 Å². The van der Waals surface area contributed by atoms with Crippen LogP contribution in [0.4, 0.5) is 0 Å². The van der Waals surface area contributed by atoms with E-state index in [1.165, 1.54) is 0 Å². The number of amides is 1. The summed E-state index contributed by atoms with van der Waals surface area (Å²) in [6, 6.07) is 9.63. The number of hydrogen-bond acceptors (Lipinski definition) is 2. The van der Waals surface area contributed by atoms with E-state index in [-0.39, 0.29) is 18.6 Å². The number of aromatic amines is 1. The summed E-state index contributed by atoms with van der Waals surface area (Å²) in [4.78, 5) is 15.3. The lowest BCUT2D eigenvalue weighted by molar-refractivity contribution is 0.0912. The molecule has 2 rings (SSSR count). The molecule has 2 aromatic rings. The van der Waals surface area contributed by atoms with Crippen LogP contribution in [0.15, 0.2) is 30.3 Å². The van der Waals surface area contributed by atoms with Crippen molar-refractivity contribution in [1.29, 1.82) is 0 Å². The van der Waals surface area contributed by atoms with Crippen molar-refractivity contribution < 1.29 is 9.90 Å². The van der Waals surface area contributed by atoms with Gasteiger partial charge >= 0.3 is 0 Å². The van der Waals surface area contributed by atoms with Gasteiger partial charge in [0.2, 0.25) is 0 Å². The van der Waals surface area contributed by atoms with Crippen LogP contribution < -0.4 is 5.32 Å². The number of para-hydroxylation sites is 1. The number of carbonyl (C=O) groups excluding carboxylic acids is 1. The second-order valence-electron chi connectivity index (χ2n) is 5.11. The summed E-state index contributed by atoms with van der Waals surface area (Å²) in [5.41, 5.74) is 1.51. The van der Waals surface area contributed by atoms with E-state index in [9.17, 15) is 4.79 Å². The molecule has 0 radical (unpaired) electrons. The minimum atomic E-state index is -0.122. The van der Waals surface area contributed by atoms with Crippen molar-refractivity contribution in [1.82, 2.24) is 10.3 Å². The smallest absolute Gasteiger partial charge is 0.267 e. The first-order valence-corrected chi connectivity index (χ1v) is 6.61. The highest BCUT2D eigenvalue weighted by Crippen LogP contribution is 2.15. The molecule has 0 aliphatic carbocycles. The van der Waals surface area contributed by atoms with Crippen LogP contribution in [0, 0.1) is 5.92 Å². The third-order valence-corrected chi connectivity index (χ3v) is 3.34. The monoisotopic (exact) mass is 260 g/mol. The lowest BCUT2D eigenvalue weighted by atomic mass is 10.0. The van der Waals surface area contributed by atoms with Gasteiger partial charge in [-0.1, -0.05) is 32.0 Å². The van der Waals surface area contributed by atoms with Crippen LogP contribution in [0.2, 0.25) is 0 Å². The number of aliphatic hydroxyl groups is 1. The van der Waals surface area contributed by atoms with Crippen LogP contribution in [0.1, 0.15) is 30.8 Å². The van der Waals surface area contributed by atoms with E-state index in [1.807, 2.05) is 44.2 Å². The second-order valence-corrected chi connectivity index (χ2v) is 5.11. The molecule has 0 bridgehead atoms. The summed E-state index contributed by atoms with van der Waals surface area (Å²) in [6.07, 6.45) is 0.573. The summed E-state index contributed by atoms with van der Waals surface area (Å²) < 4.78 is 0. The Balaban J connectivity index is 2.14. The normalized spacial score (nSPS) is 12.8. The number of hydrogen-bond donors (Lipinski definition) is 3. The molecule has 3 N–H and O–H groups in total. The van der Waals surface area contributed by atoms with Gasteiger partial charge in [0.15, 0.2) is 0 Å². The van der Waals surface area contributed by atoms with E-state index in [0.717, 1.165) is 10.9 Å². The molecule has 0 saturated carbocycles. The Bertz CT molecular complexity index is 527. The number of aliphatic hydroxyl groups excluding tert-OH is 1. The zero-order valence-corrected chi connectivity index (χ0v) is 11.3. The summed E-state index contributed by atoms with van der Waals surface area (Å²) in [7, 11) is 0. The predicted octanol–water partition coefficient (Wildman–Crippen LogP) is 2.30.